The van der Waals surface area contributed by atoms with E-state index in [-0.39, 0.29) is 5.95 Å². The molecule has 7 nitrogen and oxygen atoms in total. The van der Waals surface area contributed by atoms with Crippen LogP contribution in [0.15, 0.2) is 42.7 Å². The number of nitrogens with zero attached hydrogens (tertiary/aromatic N) is 5. The standard InChI is InChI=1S/C14H15N7/c1-2-10-4-6-11(7-5-10)17-13-18-12(15)19-14(20-13)21-9-3-8-16-21/h3-9H,2H2,1H3,(H3,15,17,18,19,20). The van der Waals surface area contributed by atoms with E-state index >= 15 is 0 Å². The van der Waals surface area contributed by atoms with E-state index in [9.17, 15) is 0 Å². The van der Waals surface area contributed by atoms with Gasteiger partial charge in [0.05, 0.1) is 0 Å². The highest BCUT2D eigenvalue weighted by atomic mass is 15.4. The molecule has 3 aromatic rings. The molecule has 3 N–H and O–H groups in total. The molecule has 3 rings (SSSR count). The van der Waals surface area contributed by atoms with Crippen LogP contribution in [-0.4, -0.2) is 24.7 Å². The Bertz CT molecular complexity index is 720. The second-order valence-electron chi connectivity index (χ2n) is 4.44. The smallest absolute Gasteiger partial charge is 0.257 e. The van der Waals surface area contributed by atoms with Crippen molar-refractivity contribution in [2.45, 2.75) is 13.3 Å². The summed E-state index contributed by atoms with van der Waals surface area (Å²) in [6.07, 6.45) is 4.40. The second kappa shape index (κ2) is 5.58. The number of aryl methyl sites for hydroxylation is 1. The quantitative estimate of drug-likeness (QED) is 0.759. The molecule has 7 heteroatoms. The molecule has 0 aliphatic heterocycles. The Labute approximate surface area is 121 Å². The van der Waals surface area contributed by atoms with Gasteiger partial charge in [0, 0.05) is 18.1 Å². The predicted molar refractivity (Wildman–Crippen MR) is 80.5 cm³/mol. The van der Waals surface area contributed by atoms with Crippen molar-refractivity contribution < 1.29 is 0 Å². The van der Waals surface area contributed by atoms with E-state index in [0.717, 1.165) is 12.1 Å². The molecule has 0 saturated heterocycles. The van der Waals surface area contributed by atoms with Crippen molar-refractivity contribution in [2.75, 3.05) is 11.1 Å². The van der Waals surface area contributed by atoms with E-state index in [0.29, 0.717) is 11.9 Å². The number of nitrogens with two attached hydrogens (primary N) is 1. The Kier molecular flexibility index (Phi) is 3.46. The van der Waals surface area contributed by atoms with Gasteiger partial charge in [-0.3, -0.25) is 0 Å². The van der Waals surface area contributed by atoms with Crippen LogP contribution in [0.5, 0.6) is 0 Å². The second-order valence-corrected chi connectivity index (χ2v) is 4.44. The van der Waals surface area contributed by atoms with E-state index < -0.39 is 0 Å². The highest BCUT2D eigenvalue weighted by Gasteiger charge is 2.06. The van der Waals surface area contributed by atoms with Crippen LogP contribution in [0.25, 0.3) is 5.95 Å². The fourth-order valence-electron chi connectivity index (χ4n) is 1.88. The molecule has 0 aliphatic rings. The Hall–Kier alpha value is -2.96. The van der Waals surface area contributed by atoms with Crippen molar-refractivity contribution in [2.24, 2.45) is 0 Å². The SMILES string of the molecule is CCc1ccc(Nc2nc(N)nc(-n3cccn3)n2)cc1. The van der Waals surface area contributed by atoms with Crippen LogP contribution in [0.3, 0.4) is 0 Å². The maximum Gasteiger partial charge on any atom is 0.257 e. The van der Waals surface area contributed by atoms with Crippen molar-refractivity contribution in [3.8, 4) is 5.95 Å². The van der Waals surface area contributed by atoms with Gasteiger partial charge in [0.15, 0.2) is 0 Å². The fourth-order valence-corrected chi connectivity index (χ4v) is 1.88. The first-order valence-corrected chi connectivity index (χ1v) is 6.62. The van der Waals surface area contributed by atoms with E-state index in [1.54, 1.807) is 18.5 Å². The van der Waals surface area contributed by atoms with Gasteiger partial charge < -0.3 is 11.1 Å². The zero-order chi connectivity index (χ0) is 14.7. The molecule has 0 aliphatic carbocycles. The summed E-state index contributed by atoms with van der Waals surface area (Å²) in [5, 5.41) is 7.19. The zero-order valence-corrected chi connectivity index (χ0v) is 11.6. The Morgan fingerprint density at radius 3 is 2.62 bits per heavy atom. The molecule has 0 amide bonds. The highest BCUT2D eigenvalue weighted by Crippen LogP contribution is 2.15. The van der Waals surface area contributed by atoms with Gasteiger partial charge in [-0.05, 0) is 30.2 Å². The van der Waals surface area contributed by atoms with Gasteiger partial charge in [-0.1, -0.05) is 19.1 Å². The van der Waals surface area contributed by atoms with Crippen LogP contribution in [0, 0.1) is 0 Å². The molecule has 0 fully saturated rings. The van der Waals surface area contributed by atoms with Crippen molar-refractivity contribution in [1.29, 1.82) is 0 Å². The van der Waals surface area contributed by atoms with Gasteiger partial charge >= 0.3 is 0 Å². The topological polar surface area (TPSA) is 94.5 Å². The fraction of sp³-hybridized carbons (Fsp3) is 0.143. The number of hydrogen-bond donors (Lipinski definition) is 2. The van der Waals surface area contributed by atoms with Gasteiger partial charge in [-0.25, -0.2) is 4.68 Å². The lowest BCUT2D eigenvalue weighted by Crippen LogP contribution is -2.09. The number of aromatic nitrogens is 5. The molecule has 0 unspecified atom stereocenters. The lowest BCUT2D eigenvalue weighted by molar-refractivity contribution is 0.801. The Balaban J connectivity index is 1.88. The molecule has 0 spiro atoms. The molecule has 0 radical (unpaired) electrons. The normalized spacial score (nSPS) is 10.5. The summed E-state index contributed by atoms with van der Waals surface area (Å²) in [7, 11) is 0. The van der Waals surface area contributed by atoms with Crippen molar-refractivity contribution in [1.82, 2.24) is 24.7 Å². The van der Waals surface area contributed by atoms with Crippen molar-refractivity contribution in [3.05, 3.63) is 48.3 Å². The first-order valence-electron chi connectivity index (χ1n) is 6.62. The number of anilines is 3. The van der Waals surface area contributed by atoms with E-state index in [4.69, 9.17) is 5.73 Å². The third kappa shape index (κ3) is 2.97. The molecule has 2 aromatic heterocycles. The maximum atomic E-state index is 5.72. The first kappa shape index (κ1) is 13.0. The number of benzene rings is 1. The van der Waals surface area contributed by atoms with Gasteiger partial charge in [-0.15, -0.1) is 0 Å². The maximum absolute atomic E-state index is 5.72. The first-order chi connectivity index (χ1) is 10.2. The average molecular weight is 281 g/mol. The van der Waals surface area contributed by atoms with Crippen LogP contribution >= 0.6 is 0 Å². The number of nitrogen functional groups attached to an aromatic ring is 1. The summed E-state index contributed by atoms with van der Waals surface area (Å²) in [5.74, 6) is 0.903. The molecule has 106 valence electrons. The molecular weight excluding hydrogens is 266 g/mol. The van der Waals surface area contributed by atoms with Crippen LogP contribution < -0.4 is 11.1 Å². The average Bonchev–Trinajstić information content (AvgIpc) is 3.02. The third-order valence-electron chi connectivity index (χ3n) is 2.97. The van der Waals surface area contributed by atoms with Crippen LogP contribution in [0.4, 0.5) is 17.6 Å². The highest BCUT2D eigenvalue weighted by molar-refractivity contribution is 5.54. The minimum absolute atomic E-state index is 0.142. The minimum Gasteiger partial charge on any atom is -0.368 e. The Morgan fingerprint density at radius 2 is 1.95 bits per heavy atom. The van der Waals surface area contributed by atoms with Gasteiger partial charge in [0.25, 0.3) is 5.95 Å². The molecule has 2 heterocycles. The third-order valence-corrected chi connectivity index (χ3v) is 2.97. The lowest BCUT2D eigenvalue weighted by atomic mass is 10.1. The summed E-state index contributed by atoms with van der Waals surface area (Å²) in [6, 6.07) is 9.86. The largest absolute Gasteiger partial charge is 0.368 e. The monoisotopic (exact) mass is 281 g/mol. The predicted octanol–water partition coefficient (Wildman–Crippen LogP) is 1.95. The molecule has 0 bridgehead atoms. The zero-order valence-electron chi connectivity index (χ0n) is 11.6. The van der Waals surface area contributed by atoms with Crippen LogP contribution in [-0.2, 0) is 6.42 Å². The number of nitrogens with one attached hydrogen (secondary N) is 1. The van der Waals surface area contributed by atoms with Crippen molar-refractivity contribution >= 4 is 17.6 Å². The summed E-state index contributed by atoms with van der Waals surface area (Å²) >= 11 is 0. The van der Waals surface area contributed by atoms with Crippen LogP contribution in [0.2, 0.25) is 0 Å². The van der Waals surface area contributed by atoms with E-state index in [2.05, 4.69) is 44.4 Å². The molecule has 21 heavy (non-hydrogen) atoms. The van der Waals surface area contributed by atoms with Gasteiger partial charge in [0.1, 0.15) is 0 Å². The van der Waals surface area contributed by atoms with E-state index in [1.807, 2.05) is 12.1 Å². The summed E-state index contributed by atoms with van der Waals surface area (Å²) in [5.41, 5.74) is 7.89. The molecule has 1 aromatic carbocycles. The minimum atomic E-state index is 0.142. The lowest BCUT2D eigenvalue weighted by Gasteiger charge is -2.07. The van der Waals surface area contributed by atoms with Crippen LogP contribution in [0.1, 0.15) is 12.5 Å². The van der Waals surface area contributed by atoms with Gasteiger partial charge in [0.2, 0.25) is 11.9 Å². The van der Waals surface area contributed by atoms with Gasteiger partial charge in [-0.2, -0.15) is 20.1 Å². The van der Waals surface area contributed by atoms with E-state index in [1.165, 1.54) is 10.2 Å². The molecule has 0 atom stereocenters. The number of rotatable bonds is 4. The number of hydrogen-bond acceptors (Lipinski definition) is 6. The Morgan fingerprint density at radius 1 is 1.14 bits per heavy atom. The van der Waals surface area contributed by atoms with Crippen molar-refractivity contribution in [3.63, 3.8) is 0 Å². The molecular formula is C14H15N7. The summed E-state index contributed by atoms with van der Waals surface area (Å²) in [4.78, 5) is 12.4. The summed E-state index contributed by atoms with van der Waals surface area (Å²) < 4.78 is 1.53. The molecule has 0 saturated carbocycles. The summed E-state index contributed by atoms with van der Waals surface area (Å²) in [6.45, 7) is 2.12.